The Morgan fingerprint density at radius 1 is 1.06 bits per heavy atom. The van der Waals surface area contributed by atoms with E-state index in [4.69, 9.17) is 10.5 Å². The number of ether oxygens (including phenoxy) is 1. The lowest BCUT2D eigenvalue weighted by atomic mass is 10.0. The third-order valence-electron chi connectivity index (χ3n) is 4.31. The monoisotopic (exact) mass is 427 g/mol. The first-order valence-corrected chi connectivity index (χ1v) is 10.1. The molecule has 1 aromatic carbocycles. The number of hydrogen-bond donors (Lipinski definition) is 3. The second-order valence-corrected chi connectivity index (χ2v) is 7.78. The highest BCUT2D eigenvalue weighted by Gasteiger charge is 2.24. The van der Waals surface area contributed by atoms with Crippen molar-refractivity contribution < 1.29 is 19.1 Å². The SMILES string of the molecule is CC(C)CC(NC(=O)c1nccnc1-c1ccccc1CNC(=O)OC(C)C)C(N)=O. The molecule has 9 nitrogen and oxygen atoms in total. The first-order chi connectivity index (χ1) is 14.7. The van der Waals surface area contributed by atoms with Crippen LogP contribution >= 0.6 is 0 Å². The number of amides is 3. The molecule has 3 amide bonds. The lowest BCUT2D eigenvalue weighted by Crippen LogP contribution is -2.45. The molecule has 166 valence electrons. The first-order valence-electron chi connectivity index (χ1n) is 10.1. The highest BCUT2D eigenvalue weighted by atomic mass is 16.6. The van der Waals surface area contributed by atoms with Crippen LogP contribution in [0.2, 0.25) is 0 Å². The zero-order valence-corrected chi connectivity index (χ0v) is 18.2. The molecule has 4 N–H and O–H groups in total. The normalized spacial score (nSPS) is 11.8. The summed E-state index contributed by atoms with van der Waals surface area (Å²) in [5, 5.41) is 5.35. The Labute approximate surface area is 181 Å². The maximum Gasteiger partial charge on any atom is 0.407 e. The van der Waals surface area contributed by atoms with Crippen molar-refractivity contribution in [1.82, 2.24) is 20.6 Å². The highest BCUT2D eigenvalue weighted by molar-refractivity contribution is 6.00. The number of carbonyl (C=O) groups excluding carboxylic acids is 3. The van der Waals surface area contributed by atoms with Crippen LogP contribution in [0, 0.1) is 5.92 Å². The van der Waals surface area contributed by atoms with Gasteiger partial charge in [-0.05, 0) is 31.7 Å². The number of carbonyl (C=O) groups is 3. The van der Waals surface area contributed by atoms with Gasteiger partial charge in [0.1, 0.15) is 11.7 Å². The van der Waals surface area contributed by atoms with Crippen molar-refractivity contribution in [2.45, 2.75) is 52.8 Å². The van der Waals surface area contributed by atoms with Crippen LogP contribution in [0.25, 0.3) is 11.3 Å². The van der Waals surface area contributed by atoms with Crippen LogP contribution in [0.15, 0.2) is 36.7 Å². The van der Waals surface area contributed by atoms with Crippen LogP contribution in [-0.2, 0) is 16.1 Å². The van der Waals surface area contributed by atoms with E-state index in [0.717, 1.165) is 5.56 Å². The minimum Gasteiger partial charge on any atom is -0.447 e. The summed E-state index contributed by atoms with van der Waals surface area (Å²) in [5.74, 6) is -0.994. The predicted octanol–water partition coefficient (Wildman–Crippen LogP) is 2.41. The number of hydrogen-bond acceptors (Lipinski definition) is 6. The Balaban J connectivity index is 2.30. The summed E-state index contributed by atoms with van der Waals surface area (Å²) in [6, 6.07) is 6.39. The number of nitrogens with zero attached hydrogens (tertiary/aromatic N) is 2. The van der Waals surface area contributed by atoms with Crippen LogP contribution in [-0.4, -0.2) is 40.0 Å². The van der Waals surface area contributed by atoms with Crippen molar-refractivity contribution in [2.24, 2.45) is 11.7 Å². The molecular weight excluding hydrogens is 398 g/mol. The summed E-state index contributed by atoms with van der Waals surface area (Å²) in [7, 11) is 0. The van der Waals surface area contributed by atoms with Crippen molar-refractivity contribution >= 4 is 17.9 Å². The van der Waals surface area contributed by atoms with Gasteiger partial charge in [-0.3, -0.25) is 14.6 Å². The zero-order valence-electron chi connectivity index (χ0n) is 18.2. The smallest absolute Gasteiger partial charge is 0.407 e. The van der Waals surface area contributed by atoms with Gasteiger partial charge in [0, 0.05) is 24.5 Å². The Bertz CT molecular complexity index is 930. The van der Waals surface area contributed by atoms with Gasteiger partial charge in [-0.2, -0.15) is 0 Å². The molecule has 0 fully saturated rings. The molecule has 0 radical (unpaired) electrons. The van der Waals surface area contributed by atoms with Crippen molar-refractivity contribution in [3.8, 4) is 11.3 Å². The average molecular weight is 428 g/mol. The predicted molar refractivity (Wildman–Crippen MR) is 116 cm³/mol. The molecule has 0 saturated carbocycles. The molecule has 0 aliphatic heterocycles. The topological polar surface area (TPSA) is 136 Å². The van der Waals surface area contributed by atoms with Crippen molar-refractivity contribution in [1.29, 1.82) is 0 Å². The van der Waals surface area contributed by atoms with E-state index < -0.39 is 23.9 Å². The van der Waals surface area contributed by atoms with Gasteiger partial charge in [0.25, 0.3) is 5.91 Å². The largest absolute Gasteiger partial charge is 0.447 e. The number of aromatic nitrogens is 2. The average Bonchev–Trinajstić information content (AvgIpc) is 2.71. The maximum atomic E-state index is 12.9. The van der Waals surface area contributed by atoms with E-state index in [9.17, 15) is 14.4 Å². The fourth-order valence-corrected chi connectivity index (χ4v) is 2.97. The summed E-state index contributed by atoms with van der Waals surface area (Å²) in [5.41, 5.74) is 7.20. The molecule has 1 atom stereocenters. The molecule has 0 saturated heterocycles. The van der Waals surface area contributed by atoms with E-state index in [-0.39, 0.29) is 24.3 Å². The number of rotatable bonds is 9. The molecule has 1 heterocycles. The lowest BCUT2D eigenvalue weighted by Gasteiger charge is -2.18. The highest BCUT2D eigenvalue weighted by Crippen LogP contribution is 2.24. The summed E-state index contributed by atoms with van der Waals surface area (Å²) in [6.07, 6.45) is 2.51. The second kappa shape index (κ2) is 11.1. The van der Waals surface area contributed by atoms with Crippen LogP contribution in [0.3, 0.4) is 0 Å². The van der Waals surface area contributed by atoms with E-state index >= 15 is 0 Å². The molecule has 0 aliphatic carbocycles. The molecule has 0 bridgehead atoms. The van der Waals surface area contributed by atoms with Crippen LogP contribution < -0.4 is 16.4 Å². The Morgan fingerprint density at radius 3 is 2.39 bits per heavy atom. The van der Waals surface area contributed by atoms with E-state index in [1.165, 1.54) is 12.4 Å². The zero-order chi connectivity index (χ0) is 23.0. The van der Waals surface area contributed by atoms with Crippen molar-refractivity contribution in [3.05, 3.63) is 47.9 Å². The Morgan fingerprint density at radius 2 is 1.74 bits per heavy atom. The molecule has 1 unspecified atom stereocenters. The van der Waals surface area contributed by atoms with Crippen LogP contribution in [0.5, 0.6) is 0 Å². The summed E-state index contributed by atoms with van der Waals surface area (Å²) in [4.78, 5) is 45.1. The number of benzene rings is 1. The van der Waals surface area contributed by atoms with E-state index in [1.54, 1.807) is 26.0 Å². The third-order valence-corrected chi connectivity index (χ3v) is 4.31. The summed E-state index contributed by atoms with van der Waals surface area (Å²) in [6.45, 7) is 7.57. The molecule has 9 heteroatoms. The van der Waals surface area contributed by atoms with Gasteiger partial charge in [-0.25, -0.2) is 9.78 Å². The van der Waals surface area contributed by atoms with Gasteiger partial charge < -0.3 is 21.1 Å². The molecule has 2 aromatic rings. The third kappa shape index (κ3) is 7.06. The quantitative estimate of drug-likeness (QED) is 0.562. The van der Waals surface area contributed by atoms with Crippen molar-refractivity contribution in [3.63, 3.8) is 0 Å². The molecule has 0 spiro atoms. The van der Waals surface area contributed by atoms with Crippen LogP contribution in [0.1, 0.15) is 50.2 Å². The fourth-order valence-electron chi connectivity index (χ4n) is 2.97. The van der Waals surface area contributed by atoms with Gasteiger partial charge in [0.05, 0.1) is 6.10 Å². The van der Waals surface area contributed by atoms with E-state index in [0.29, 0.717) is 17.7 Å². The summed E-state index contributed by atoms with van der Waals surface area (Å²) < 4.78 is 5.09. The summed E-state index contributed by atoms with van der Waals surface area (Å²) >= 11 is 0. The fraction of sp³-hybridized carbons (Fsp3) is 0.409. The van der Waals surface area contributed by atoms with Gasteiger partial charge in [-0.15, -0.1) is 0 Å². The molecule has 2 rings (SSSR count). The van der Waals surface area contributed by atoms with Crippen molar-refractivity contribution in [2.75, 3.05) is 0 Å². The maximum absolute atomic E-state index is 12.9. The molecule has 0 aliphatic rings. The van der Waals surface area contributed by atoms with E-state index in [2.05, 4.69) is 20.6 Å². The Kier molecular flexibility index (Phi) is 8.48. The van der Waals surface area contributed by atoms with Gasteiger partial charge in [-0.1, -0.05) is 38.1 Å². The Hall–Kier alpha value is -3.49. The minimum atomic E-state index is -0.815. The number of primary amides is 1. The minimum absolute atomic E-state index is 0.0645. The van der Waals surface area contributed by atoms with Gasteiger partial charge in [0.15, 0.2) is 5.69 Å². The van der Waals surface area contributed by atoms with Gasteiger partial charge in [0.2, 0.25) is 5.91 Å². The molecular formula is C22H29N5O4. The van der Waals surface area contributed by atoms with Gasteiger partial charge >= 0.3 is 6.09 Å². The standard InChI is InChI=1S/C22H29N5O4/c1-13(2)11-17(20(23)28)27-21(29)19-18(24-9-10-25-19)16-8-6-5-7-15(16)12-26-22(30)31-14(3)4/h5-10,13-14,17H,11-12H2,1-4H3,(H2,23,28)(H,26,30)(H,27,29). The second-order valence-electron chi connectivity index (χ2n) is 7.78. The number of nitrogens with one attached hydrogen (secondary N) is 2. The lowest BCUT2D eigenvalue weighted by molar-refractivity contribution is -0.120. The van der Waals surface area contributed by atoms with E-state index in [1.807, 2.05) is 26.0 Å². The first kappa shape index (κ1) is 23.8. The number of alkyl carbamates (subject to hydrolysis) is 1. The molecule has 31 heavy (non-hydrogen) atoms. The number of nitrogens with two attached hydrogens (primary N) is 1. The van der Waals surface area contributed by atoms with Crippen LogP contribution in [0.4, 0.5) is 4.79 Å². The molecule has 1 aromatic heterocycles.